The van der Waals surface area contributed by atoms with E-state index in [1.807, 2.05) is 0 Å². The summed E-state index contributed by atoms with van der Waals surface area (Å²) in [6.45, 7) is 0. The lowest BCUT2D eigenvalue weighted by atomic mass is 9.67. The van der Waals surface area contributed by atoms with Crippen molar-refractivity contribution >= 4 is 38.8 Å². The predicted molar refractivity (Wildman–Crippen MR) is 289 cm³/mol. The molecule has 0 spiro atoms. The van der Waals surface area contributed by atoms with Gasteiger partial charge < -0.3 is 9.13 Å². The average molecular weight is 879 g/mol. The minimum atomic E-state index is -0.521. The maximum Gasteiger partial charge on any atom is 0.0713 e. The molecule has 2 aromatic heterocycles. The Morgan fingerprint density at radius 2 is 0.870 bits per heavy atom. The molecule has 0 unspecified atom stereocenters. The van der Waals surface area contributed by atoms with Gasteiger partial charge in [0.05, 0.1) is 22.0 Å². The van der Waals surface area contributed by atoms with Crippen LogP contribution in [0.4, 0.5) is 0 Å². The van der Waals surface area contributed by atoms with E-state index in [-0.39, 0.29) is 0 Å². The molecule has 12 aromatic rings. The SMILES string of the molecule is C1=Cc2c(c3cc(-c4ccc5c(c4)c4cc6c(cc4n5-c4cc(-c5ccccc5)cc(-c5ccccc5)c4)-c4ccccc4C6(c4ccccc4)c4ccccc4)ccc3n2-c2ccccc2)CC1. The molecular weight excluding hydrogens is 833 g/mol. The molecule has 2 heteroatoms. The van der Waals surface area contributed by atoms with Crippen LogP contribution in [0.5, 0.6) is 0 Å². The summed E-state index contributed by atoms with van der Waals surface area (Å²) in [6, 6.07) is 90.4. The number of aromatic nitrogens is 2. The maximum absolute atomic E-state index is 2.55. The number of allylic oxidation sites excluding steroid dienone is 1. The van der Waals surface area contributed by atoms with Crippen LogP contribution in [0, 0.1) is 0 Å². The number of fused-ring (bicyclic) bond motifs is 9. The molecule has 0 aliphatic heterocycles. The summed E-state index contributed by atoms with van der Waals surface area (Å²) in [4.78, 5) is 0. The third-order valence-corrected chi connectivity index (χ3v) is 15.0. The van der Waals surface area contributed by atoms with Crippen LogP contribution in [0.15, 0.2) is 249 Å². The lowest BCUT2D eigenvalue weighted by Crippen LogP contribution is -2.28. The van der Waals surface area contributed by atoms with Crippen molar-refractivity contribution in [2.45, 2.75) is 18.3 Å². The number of para-hydroxylation sites is 1. The van der Waals surface area contributed by atoms with E-state index in [1.54, 1.807) is 0 Å². The summed E-state index contributed by atoms with van der Waals surface area (Å²) in [6.07, 6.45) is 6.73. The summed E-state index contributed by atoms with van der Waals surface area (Å²) >= 11 is 0. The quantitative estimate of drug-likeness (QED) is 0.151. The highest BCUT2D eigenvalue weighted by atomic mass is 15.0. The van der Waals surface area contributed by atoms with Crippen molar-refractivity contribution in [2.24, 2.45) is 0 Å². The molecule has 0 saturated heterocycles. The molecule has 10 aromatic carbocycles. The first-order chi connectivity index (χ1) is 34.2. The smallest absolute Gasteiger partial charge is 0.0713 e. The van der Waals surface area contributed by atoms with Crippen LogP contribution in [-0.2, 0) is 11.8 Å². The molecule has 0 radical (unpaired) electrons. The Hall–Kier alpha value is -8.72. The van der Waals surface area contributed by atoms with E-state index in [9.17, 15) is 0 Å². The van der Waals surface area contributed by atoms with Gasteiger partial charge in [0.2, 0.25) is 0 Å². The Morgan fingerprint density at radius 1 is 0.333 bits per heavy atom. The normalized spacial score (nSPS) is 13.4. The summed E-state index contributed by atoms with van der Waals surface area (Å²) in [7, 11) is 0. The molecule has 2 heterocycles. The van der Waals surface area contributed by atoms with Crippen LogP contribution in [0.25, 0.3) is 94.7 Å². The lowest BCUT2D eigenvalue weighted by molar-refractivity contribution is 0.769. The summed E-state index contributed by atoms with van der Waals surface area (Å²) in [5.41, 5.74) is 23.0. The Morgan fingerprint density at radius 3 is 1.51 bits per heavy atom. The summed E-state index contributed by atoms with van der Waals surface area (Å²) in [5, 5.41) is 3.80. The van der Waals surface area contributed by atoms with Gasteiger partial charge in [0, 0.05) is 33.2 Å². The Bertz CT molecular complexity index is 3870. The largest absolute Gasteiger partial charge is 0.310 e. The van der Waals surface area contributed by atoms with Crippen molar-refractivity contribution in [1.29, 1.82) is 0 Å². The van der Waals surface area contributed by atoms with E-state index >= 15 is 0 Å². The molecule has 2 nitrogen and oxygen atoms in total. The molecule has 2 aliphatic rings. The summed E-state index contributed by atoms with van der Waals surface area (Å²) < 4.78 is 4.98. The van der Waals surface area contributed by atoms with Crippen molar-refractivity contribution in [3.8, 4) is 55.9 Å². The molecule has 0 bridgehead atoms. The monoisotopic (exact) mass is 878 g/mol. The lowest BCUT2D eigenvalue weighted by Gasteiger charge is -2.34. The highest BCUT2D eigenvalue weighted by molar-refractivity contribution is 6.13. The first kappa shape index (κ1) is 39.4. The molecule has 0 saturated carbocycles. The van der Waals surface area contributed by atoms with Crippen molar-refractivity contribution in [1.82, 2.24) is 9.13 Å². The average Bonchev–Trinajstić information content (AvgIpc) is 4.04. The van der Waals surface area contributed by atoms with Gasteiger partial charge >= 0.3 is 0 Å². The van der Waals surface area contributed by atoms with Gasteiger partial charge in [-0.05, 0) is 158 Å². The molecule has 0 N–H and O–H groups in total. The molecule has 0 fully saturated rings. The van der Waals surface area contributed by atoms with Gasteiger partial charge in [0.1, 0.15) is 0 Å². The van der Waals surface area contributed by atoms with Crippen molar-refractivity contribution < 1.29 is 0 Å². The molecule has 0 amide bonds. The van der Waals surface area contributed by atoms with Gasteiger partial charge in [-0.15, -0.1) is 0 Å². The number of hydrogen-bond donors (Lipinski definition) is 0. The van der Waals surface area contributed by atoms with Gasteiger partial charge in [-0.3, -0.25) is 0 Å². The number of nitrogens with zero attached hydrogens (tertiary/aromatic N) is 2. The fourth-order valence-corrected chi connectivity index (χ4v) is 12.0. The topological polar surface area (TPSA) is 9.86 Å². The number of aryl methyl sites for hydroxylation is 1. The molecular formula is C67H46N2. The van der Waals surface area contributed by atoms with Gasteiger partial charge in [-0.25, -0.2) is 0 Å². The minimum Gasteiger partial charge on any atom is -0.310 e. The highest BCUT2D eigenvalue weighted by Gasteiger charge is 2.46. The van der Waals surface area contributed by atoms with Crippen LogP contribution < -0.4 is 0 Å². The summed E-state index contributed by atoms with van der Waals surface area (Å²) in [5.74, 6) is 0. The second-order valence-electron chi connectivity index (χ2n) is 18.7. The van der Waals surface area contributed by atoms with Crippen molar-refractivity contribution in [2.75, 3.05) is 0 Å². The van der Waals surface area contributed by atoms with Crippen LogP contribution >= 0.6 is 0 Å². The van der Waals surface area contributed by atoms with Crippen LogP contribution in [0.2, 0.25) is 0 Å². The maximum atomic E-state index is 2.55. The Labute approximate surface area is 402 Å². The first-order valence-electron chi connectivity index (χ1n) is 24.2. The minimum absolute atomic E-state index is 0.521. The van der Waals surface area contributed by atoms with Gasteiger partial charge in [-0.2, -0.15) is 0 Å². The van der Waals surface area contributed by atoms with E-state index in [2.05, 4.69) is 264 Å². The van der Waals surface area contributed by atoms with Gasteiger partial charge in [0.25, 0.3) is 0 Å². The van der Waals surface area contributed by atoms with E-state index in [1.165, 1.54) is 116 Å². The molecule has 14 rings (SSSR count). The van der Waals surface area contributed by atoms with E-state index in [0.717, 1.165) is 18.5 Å². The van der Waals surface area contributed by atoms with E-state index in [0.29, 0.717) is 0 Å². The number of benzene rings is 10. The molecule has 2 aliphatic carbocycles. The zero-order valence-electron chi connectivity index (χ0n) is 38.1. The number of rotatable bonds is 7. The fraction of sp³-hybridized carbons (Fsp3) is 0.0448. The van der Waals surface area contributed by atoms with Crippen LogP contribution in [0.3, 0.4) is 0 Å². The van der Waals surface area contributed by atoms with Crippen LogP contribution in [0.1, 0.15) is 39.9 Å². The van der Waals surface area contributed by atoms with E-state index < -0.39 is 5.41 Å². The predicted octanol–water partition coefficient (Wildman–Crippen LogP) is 17.1. The molecule has 69 heavy (non-hydrogen) atoms. The van der Waals surface area contributed by atoms with Crippen molar-refractivity contribution in [3.05, 3.63) is 282 Å². The molecule has 324 valence electrons. The fourth-order valence-electron chi connectivity index (χ4n) is 12.0. The second-order valence-corrected chi connectivity index (χ2v) is 18.7. The number of hydrogen-bond acceptors (Lipinski definition) is 0. The standard InChI is InChI=1S/C67H46N2/c1-6-20-45(21-7-1)49-38-50(46-22-8-2-9-23-46)40-54(39-49)69-65-37-35-48(47-34-36-64-58(41-47)56-31-17-19-33-63(56)68(64)53-28-14-5-15-29-53)42-59(65)60-43-62-57(44-66(60)69)55-30-16-18-32-61(55)67(62,51-24-10-3-11-25-51)52-26-12-4-13-27-52/h1-16,18-30,32-44H,17,31H2. The Kier molecular flexibility index (Phi) is 8.97. The Balaban J connectivity index is 1.07. The third kappa shape index (κ3) is 6.05. The second kappa shape index (κ2) is 15.7. The third-order valence-electron chi connectivity index (χ3n) is 15.0. The zero-order chi connectivity index (χ0) is 45.5. The first-order valence-corrected chi connectivity index (χ1v) is 24.2. The van der Waals surface area contributed by atoms with E-state index in [4.69, 9.17) is 0 Å². The highest BCUT2D eigenvalue weighted by Crippen LogP contribution is 2.57. The van der Waals surface area contributed by atoms with Gasteiger partial charge in [-0.1, -0.05) is 182 Å². The van der Waals surface area contributed by atoms with Crippen molar-refractivity contribution in [3.63, 3.8) is 0 Å². The zero-order valence-corrected chi connectivity index (χ0v) is 38.1. The van der Waals surface area contributed by atoms with Crippen LogP contribution in [-0.4, -0.2) is 9.13 Å². The molecule has 0 atom stereocenters. The van der Waals surface area contributed by atoms with Gasteiger partial charge in [0.15, 0.2) is 0 Å².